The number of likely N-dealkylation sites (N-methyl/N-ethyl adjacent to an activating group) is 1. The molecule has 5 nitrogen and oxygen atoms in total. The van der Waals surface area contributed by atoms with Crippen LogP contribution in [0.5, 0.6) is 0 Å². The molecule has 0 aliphatic rings. The van der Waals surface area contributed by atoms with Crippen molar-refractivity contribution in [1.29, 1.82) is 0 Å². The summed E-state index contributed by atoms with van der Waals surface area (Å²) >= 11 is 0. The molecule has 0 bridgehead atoms. The van der Waals surface area contributed by atoms with E-state index >= 15 is 0 Å². The molecular formula is C12H19N3O2. The molecule has 0 fully saturated rings. The summed E-state index contributed by atoms with van der Waals surface area (Å²) in [6.07, 6.45) is 0. The Morgan fingerprint density at radius 1 is 1.59 bits per heavy atom. The first kappa shape index (κ1) is 13.4. The first-order valence-corrected chi connectivity index (χ1v) is 5.51. The second-order valence-electron chi connectivity index (χ2n) is 3.88. The summed E-state index contributed by atoms with van der Waals surface area (Å²) in [5.74, 6) is 0.579. The fourth-order valence-electron chi connectivity index (χ4n) is 1.43. The average molecular weight is 237 g/mol. The molecule has 5 heteroatoms. The van der Waals surface area contributed by atoms with Gasteiger partial charge in [0.25, 0.3) is 5.91 Å². The average Bonchev–Trinajstić information content (AvgIpc) is 2.37. The van der Waals surface area contributed by atoms with Crippen molar-refractivity contribution in [2.24, 2.45) is 0 Å². The van der Waals surface area contributed by atoms with Gasteiger partial charge in [-0.25, -0.2) is 4.98 Å². The van der Waals surface area contributed by atoms with Crippen LogP contribution in [0.15, 0.2) is 18.2 Å². The lowest BCUT2D eigenvalue weighted by molar-refractivity contribution is 0.0628. The Hall–Kier alpha value is -1.62. The van der Waals surface area contributed by atoms with E-state index < -0.39 is 0 Å². The molecule has 1 atom stereocenters. The molecular weight excluding hydrogens is 218 g/mol. The number of ether oxygens (including phenoxy) is 1. The number of amides is 1. The molecule has 94 valence electrons. The normalized spacial score (nSPS) is 12.0. The number of aromatic nitrogens is 1. The maximum absolute atomic E-state index is 12.1. The number of rotatable bonds is 5. The van der Waals surface area contributed by atoms with Crippen LogP contribution in [-0.2, 0) is 4.74 Å². The number of hydrogen-bond donors (Lipinski definition) is 1. The van der Waals surface area contributed by atoms with E-state index in [1.165, 1.54) is 0 Å². The SMILES string of the molecule is CNc1cccc(C(=O)N(C)C(C)COC)n1. The summed E-state index contributed by atoms with van der Waals surface area (Å²) < 4.78 is 5.03. The van der Waals surface area contributed by atoms with E-state index in [2.05, 4.69) is 10.3 Å². The van der Waals surface area contributed by atoms with Crippen LogP contribution >= 0.6 is 0 Å². The molecule has 17 heavy (non-hydrogen) atoms. The van der Waals surface area contributed by atoms with Gasteiger partial charge in [0.2, 0.25) is 0 Å². The highest BCUT2D eigenvalue weighted by atomic mass is 16.5. The lowest BCUT2D eigenvalue weighted by atomic mass is 10.2. The summed E-state index contributed by atoms with van der Waals surface area (Å²) in [5, 5.41) is 2.91. The van der Waals surface area contributed by atoms with Crippen LogP contribution in [0.1, 0.15) is 17.4 Å². The third-order valence-corrected chi connectivity index (χ3v) is 2.61. The van der Waals surface area contributed by atoms with Crippen LogP contribution in [0.2, 0.25) is 0 Å². The molecule has 1 amide bonds. The van der Waals surface area contributed by atoms with Crippen molar-refractivity contribution in [3.63, 3.8) is 0 Å². The van der Waals surface area contributed by atoms with Crippen LogP contribution in [0.4, 0.5) is 5.82 Å². The number of carbonyl (C=O) groups is 1. The number of carbonyl (C=O) groups excluding carboxylic acids is 1. The van der Waals surface area contributed by atoms with Crippen LogP contribution in [0.25, 0.3) is 0 Å². The van der Waals surface area contributed by atoms with Gasteiger partial charge in [-0.2, -0.15) is 0 Å². The van der Waals surface area contributed by atoms with E-state index in [1.54, 1.807) is 38.2 Å². The van der Waals surface area contributed by atoms with Crippen LogP contribution in [0.3, 0.4) is 0 Å². The smallest absolute Gasteiger partial charge is 0.272 e. The van der Waals surface area contributed by atoms with Crippen LogP contribution < -0.4 is 5.32 Å². The van der Waals surface area contributed by atoms with Gasteiger partial charge < -0.3 is 15.0 Å². The topological polar surface area (TPSA) is 54.5 Å². The Bertz CT molecular complexity index is 382. The Morgan fingerprint density at radius 3 is 2.88 bits per heavy atom. The van der Waals surface area contributed by atoms with Crippen molar-refractivity contribution >= 4 is 11.7 Å². The van der Waals surface area contributed by atoms with Gasteiger partial charge in [0.1, 0.15) is 11.5 Å². The van der Waals surface area contributed by atoms with E-state index in [9.17, 15) is 4.79 Å². The highest BCUT2D eigenvalue weighted by molar-refractivity contribution is 5.92. The minimum absolute atomic E-state index is 0.0209. The number of pyridine rings is 1. The number of nitrogens with zero attached hydrogens (tertiary/aromatic N) is 2. The van der Waals surface area contributed by atoms with Crippen molar-refractivity contribution in [2.45, 2.75) is 13.0 Å². The Balaban J connectivity index is 2.80. The lowest BCUT2D eigenvalue weighted by Gasteiger charge is -2.24. The van der Waals surface area contributed by atoms with Crippen molar-refractivity contribution in [2.75, 3.05) is 33.1 Å². The predicted octanol–water partition coefficient (Wildman–Crippen LogP) is 1.23. The largest absolute Gasteiger partial charge is 0.383 e. The summed E-state index contributed by atoms with van der Waals surface area (Å²) in [4.78, 5) is 18.0. The molecule has 1 aromatic rings. The van der Waals surface area contributed by atoms with Crippen molar-refractivity contribution in [3.8, 4) is 0 Å². The molecule has 1 unspecified atom stereocenters. The molecule has 1 rings (SSSR count). The monoisotopic (exact) mass is 237 g/mol. The van der Waals surface area contributed by atoms with Gasteiger partial charge in [0, 0.05) is 21.2 Å². The zero-order valence-corrected chi connectivity index (χ0v) is 10.7. The van der Waals surface area contributed by atoms with Crippen LogP contribution in [0, 0.1) is 0 Å². The third-order valence-electron chi connectivity index (χ3n) is 2.61. The summed E-state index contributed by atoms with van der Waals surface area (Å²) in [6, 6.07) is 5.35. The number of hydrogen-bond acceptors (Lipinski definition) is 4. The molecule has 0 radical (unpaired) electrons. The molecule has 0 saturated heterocycles. The molecule has 1 aromatic heterocycles. The molecule has 0 saturated carbocycles. The molecule has 0 spiro atoms. The second kappa shape index (κ2) is 6.20. The van der Waals surface area contributed by atoms with Gasteiger partial charge in [-0.1, -0.05) is 6.07 Å². The molecule has 0 aliphatic heterocycles. The lowest BCUT2D eigenvalue weighted by Crippen LogP contribution is -2.38. The fourth-order valence-corrected chi connectivity index (χ4v) is 1.43. The Morgan fingerprint density at radius 2 is 2.29 bits per heavy atom. The zero-order chi connectivity index (χ0) is 12.8. The summed E-state index contributed by atoms with van der Waals surface area (Å²) in [6.45, 7) is 2.44. The minimum atomic E-state index is -0.105. The Labute approximate surface area is 102 Å². The predicted molar refractivity (Wildman–Crippen MR) is 67.2 cm³/mol. The van der Waals surface area contributed by atoms with E-state index in [0.29, 0.717) is 18.1 Å². The quantitative estimate of drug-likeness (QED) is 0.837. The van der Waals surface area contributed by atoms with E-state index in [1.807, 2.05) is 13.0 Å². The first-order chi connectivity index (χ1) is 8.10. The molecule has 1 N–H and O–H groups in total. The number of anilines is 1. The van der Waals surface area contributed by atoms with Gasteiger partial charge in [-0.3, -0.25) is 4.79 Å². The zero-order valence-electron chi connectivity index (χ0n) is 10.7. The standard InChI is InChI=1S/C12H19N3O2/c1-9(8-17-4)15(3)12(16)10-6-5-7-11(13-2)14-10/h5-7,9H,8H2,1-4H3,(H,13,14). The highest BCUT2D eigenvalue weighted by Gasteiger charge is 2.18. The van der Waals surface area contributed by atoms with Gasteiger partial charge in [0.05, 0.1) is 12.6 Å². The molecule has 1 heterocycles. The van der Waals surface area contributed by atoms with Gasteiger partial charge in [0.15, 0.2) is 0 Å². The molecule has 0 aromatic carbocycles. The van der Waals surface area contributed by atoms with Gasteiger partial charge in [-0.15, -0.1) is 0 Å². The number of methoxy groups -OCH3 is 1. The second-order valence-corrected chi connectivity index (χ2v) is 3.88. The Kier molecular flexibility index (Phi) is 4.90. The summed E-state index contributed by atoms with van der Waals surface area (Å²) in [7, 11) is 5.14. The number of nitrogens with one attached hydrogen (secondary N) is 1. The van der Waals surface area contributed by atoms with Crippen LogP contribution in [-0.4, -0.2) is 49.6 Å². The van der Waals surface area contributed by atoms with Gasteiger partial charge in [-0.05, 0) is 19.1 Å². The minimum Gasteiger partial charge on any atom is -0.383 e. The van der Waals surface area contributed by atoms with E-state index in [-0.39, 0.29) is 11.9 Å². The highest BCUT2D eigenvalue weighted by Crippen LogP contribution is 2.08. The third kappa shape index (κ3) is 3.42. The maximum atomic E-state index is 12.1. The van der Waals surface area contributed by atoms with Gasteiger partial charge >= 0.3 is 0 Å². The molecule has 0 aliphatic carbocycles. The maximum Gasteiger partial charge on any atom is 0.272 e. The van der Waals surface area contributed by atoms with Crippen molar-refractivity contribution in [3.05, 3.63) is 23.9 Å². The van der Waals surface area contributed by atoms with E-state index in [4.69, 9.17) is 4.74 Å². The first-order valence-electron chi connectivity index (χ1n) is 5.51. The van der Waals surface area contributed by atoms with E-state index in [0.717, 1.165) is 0 Å². The van der Waals surface area contributed by atoms with Crippen molar-refractivity contribution < 1.29 is 9.53 Å². The fraction of sp³-hybridized carbons (Fsp3) is 0.500. The summed E-state index contributed by atoms with van der Waals surface area (Å²) in [5.41, 5.74) is 0.433. The van der Waals surface area contributed by atoms with Crippen molar-refractivity contribution in [1.82, 2.24) is 9.88 Å².